The summed E-state index contributed by atoms with van der Waals surface area (Å²) in [4.78, 5) is 25.2. The van der Waals surface area contributed by atoms with Crippen LogP contribution in [-0.4, -0.2) is 59.2 Å². The molecule has 1 aromatic heterocycles. The van der Waals surface area contributed by atoms with E-state index in [-0.39, 0.29) is 18.2 Å². The van der Waals surface area contributed by atoms with E-state index >= 15 is 0 Å². The van der Waals surface area contributed by atoms with Crippen molar-refractivity contribution < 1.29 is 19.1 Å². The Bertz CT molecular complexity index is 808. The standard InChI is InChI=1S/C17H21N5O4S/c1-3-26-15(24)10-18-14(23)11-27-17-20-19-16-21(8-9-22(16)17)12-4-6-13(25-2)7-5-12/h4-7H,3,8-11H2,1-2H3,(H,18,23). The molecule has 0 saturated heterocycles. The Labute approximate surface area is 161 Å². The molecule has 3 rings (SSSR count). The van der Waals surface area contributed by atoms with Crippen molar-refractivity contribution in [2.24, 2.45) is 0 Å². The number of nitrogens with one attached hydrogen (secondary N) is 1. The van der Waals surface area contributed by atoms with Gasteiger partial charge in [-0.3, -0.25) is 14.2 Å². The van der Waals surface area contributed by atoms with Gasteiger partial charge >= 0.3 is 5.97 Å². The molecule has 2 heterocycles. The van der Waals surface area contributed by atoms with Crippen LogP contribution >= 0.6 is 11.8 Å². The van der Waals surface area contributed by atoms with Gasteiger partial charge in [0, 0.05) is 18.8 Å². The van der Waals surface area contributed by atoms with Crippen molar-refractivity contribution >= 4 is 35.3 Å². The molecule has 27 heavy (non-hydrogen) atoms. The Morgan fingerprint density at radius 2 is 2.00 bits per heavy atom. The zero-order valence-corrected chi connectivity index (χ0v) is 16.0. The SMILES string of the molecule is CCOC(=O)CNC(=O)CSc1nnc2n1CCN2c1ccc(OC)cc1. The molecule has 144 valence electrons. The molecule has 0 fully saturated rings. The van der Waals surface area contributed by atoms with Crippen molar-refractivity contribution in [1.29, 1.82) is 0 Å². The fraction of sp³-hybridized carbons (Fsp3) is 0.412. The van der Waals surface area contributed by atoms with Crippen LogP contribution in [0.25, 0.3) is 0 Å². The number of methoxy groups -OCH3 is 1. The maximum atomic E-state index is 11.9. The lowest BCUT2D eigenvalue weighted by atomic mass is 10.3. The van der Waals surface area contributed by atoms with E-state index in [1.165, 1.54) is 11.8 Å². The lowest BCUT2D eigenvalue weighted by molar-refractivity contribution is -0.143. The highest BCUT2D eigenvalue weighted by Crippen LogP contribution is 2.32. The van der Waals surface area contributed by atoms with Crippen molar-refractivity contribution in [3.8, 4) is 5.75 Å². The van der Waals surface area contributed by atoms with Crippen molar-refractivity contribution in [1.82, 2.24) is 20.1 Å². The molecule has 0 radical (unpaired) electrons. The molecule has 1 aliphatic rings. The lowest BCUT2D eigenvalue weighted by Gasteiger charge is -2.15. The summed E-state index contributed by atoms with van der Waals surface area (Å²) in [7, 11) is 1.63. The number of thioether (sulfide) groups is 1. The normalized spacial score (nSPS) is 12.6. The summed E-state index contributed by atoms with van der Waals surface area (Å²) >= 11 is 1.29. The number of carbonyl (C=O) groups is 2. The summed E-state index contributed by atoms with van der Waals surface area (Å²) in [6, 6.07) is 7.74. The first-order valence-electron chi connectivity index (χ1n) is 8.52. The lowest BCUT2D eigenvalue weighted by Crippen LogP contribution is -2.31. The van der Waals surface area contributed by atoms with E-state index in [0.717, 1.165) is 30.5 Å². The van der Waals surface area contributed by atoms with Crippen molar-refractivity contribution in [3.63, 3.8) is 0 Å². The van der Waals surface area contributed by atoms with E-state index in [2.05, 4.69) is 20.4 Å². The van der Waals surface area contributed by atoms with Gasteiger partial charge in [0.2, 0.25) is 11.9 Å². The van der Waals surface area contributed by atoms with Crippen molar-refractivity contribution in [2.75, 3.05) is 37.5 Å². The first-order chi connectivity index (χ1) is 13.1. The molecule has 9 nitrogen and oxygen atoms in total. The Morgan fingerprint density at radius 3 is 2.70 bits per heavy atom. The van der Waals surface area contributed by atoms with Gasteiger partial charge in [0.05, 0.1) is 19.5 Å². The van der Waals surface area contributed by atoms with E-state index in [9.17, 15) is 9.59 Å². The van der Waals surface area contributed by atoms with Gasteiger partial charge in [-0.05, 0) is 31.2 Å². The summed E-state index contributed by atoms with van der Waals surface area (Å²) in [5, 5.41) is 11.6. The van der Waals surface area contributed by atoms with Crippen LogP contribution in [-0.2, 0) is 20.9 Å². The first-order valence-corrected chi connectivity index (χ1v) is 9.51. The fourth-order valence-electron chi connectivity index (χ4n) is 2.65. The fourth-order valence-corrected chi connectivity index (χ4v) is 3.44. The molecule has 2 aromatic rings. The molecule has 0 unspecified atom stereocenters. The number of nitrogens with zero attached hydrogens (tertiary/aromatic N) is 4. The molecule has 1 amide bonds. The number of aromatic nitrogens is 3. The van der Waals surface area contributed by atoms with Crippen molar-refractivity contribution in [3.05, 3.63) is 24.3 Å². The van der Waals surface area contributed by atoms with Crippen molar-refractivity contribution in [2.45, 2.75) is 18.6 Å². The van der Waals surface area contributed by atoms with Crippen LogP contribution in [0.1, 0.15) is 6.92 Å². The van der Waals surface area contributed by atoms with Crippen LogP contribution in [0.4, 0.5) is 11.6 Å². The number of hydrogen-bond acceptors (Lipinski definition) is 8. The minimum Gasteiger partial charge on any atom is -0.497 e. The number of fused-ring (bicyclic) bond motifs is 1. The third-order valence-electron chi connectivity index (χ3n) is 3.94. The molecule has 10 heteroatoms. The number of benzene rings is 1. The highest BCUT2D eigenvalue weighted by atomic mass is 32.2. The Morgan fingerprint density at radius 1 is 1.22 bits per heavy atom. The second-order valence-corrected chi connectivity index (χ2v) is 6.60. The number of amides is 1. The summed E-state index contributed by atoms with van der Waals surface area (Å²) in [5.41, 5.74) is 1.01. The summed E-state index contributed by atoms with van der Waals surface area (Å²) in [6.07, 6.45) is 0. The third kappa shape index (κ3) is 4.51. The molecule has 1 N–H and O–H groups in total. The Hall–Kier alpha value is -2.75. The average Bonchev–Trinajstić information content (AvgIpc) is 3.27. The maximum Gasteiger partial charge on any atom is 0.325 e. The summed E-state index contributed by atoms with van der Waals surface area (Å²) in [6.45, 7) is 3.40. The third-order valence-corrected chi connectivity index (χ3v) is 4.90. The van der Waals surface area contributed by atoms with Gasteiger partial charge in [0.25, 0.3) is 0 Å². The predicted octanol–water partition coefficient (Wildman–Crippen LogP) is 1.21. The van der Waals surface area contributed by atoms with E-state index in [0.29, 0.717) is 11.8 Å². The summed E-state index contributed by atoms with van der Waals surface area (Å²) in [5.74, 6) is 0.990. The molecule has 0 saturated carbocycles. The average molecular weight is 391 g/mol. The van der Waals surface area contributed by atoms with E-state index in [1.807, 2.05) is 28.8 Å². The number of esters is 1. The zero-order valence-electron chi connectivity index (χ0n) is 15.2. The van der Waals surface area contributed by atoms with Crippen LogP contribution in [0.3, 0.4) is 0 Å². The Kier molecular flexibility index (Phi) is 6.17. The molecule has 0 atom stereocenters. The maximum absolute atomic E-state index is 11.9. The number of anilines is 2. The van der Waals surface area contributed by atoms with Crippen LogP contribution in [0.5, 0.6) is 5.75 Å². The first kappa shape index (κ1) is 19.0. The van der Waals surface area contributed by atoms with E-state index in [1.54, 1.807) is 14.0 Å². The smallest absolute Gasteiger partial charge is 0.325 e. The van der Waals surface area contributed by atoms with E-state index < -0.39 is 5.97 Å². The number of ether oxygens (including phenoxy) is 2. The number of rotatable bonds is 8. The summed E-state index contributed by atoms with van der Waals surface area (Å²) < 4.78 is 11.9. The molecular formula is C17H21N5O4S. The van der Waals surface area contributed by atoms with Crippen LogP contribution in [0.2, 0.25) is 0 Å². The van der Waals surface area contributed by atoms with Gasteiger partial charge in [-0.25, -0.2) is 0 Å². The monoisotopic (exact) mass is 391 g/mol. The number of hydrogen-bond donors (Lipinski definition) is 1. The van der Waals surface area contributed by atoms with Gasteiger partial charge in [0.1, 0.15) is 12.3 Å². The largest absolute Gasteiger partial charge is 0.497 e. The quantitative estimate of drug-likeness (QED) is 0.530. The van der Waals surface area contributed by atoms with Crippen LogP contribution < -0.4 is 15.0 Å². The van der Waals surface area contributed by atoms with Gasteiger partial charge < -0.3 is 19.7 Å². The minimum absolute atomic E-state index is 0.129. The van der Waals surface area contributed by atoms with Gasteiger partial charge in [-0.15, -0.1) is 10.2 Å². The topological polar surface area (TPSA) is 98.6 Å². The van der Waals surface area contributed by atoms with Gasteiger partial charge in [0.15, 0.2) is 5.16 Å². The molecule has 0 spiro atoms. The molecular weight excluding hydrogens is 370 g/mol. The zero-order chi connectivity index (χ0) is 19.2. The predicted molar refractivity (Wildman–Crippen MR) is 100 cm³/mol. The van der Waals surface area contributed by atoms with E-state index in [4.69, 9.17) is 9.47 Å². The molecule has 1 aromatic carbocycles. The highest BCUT2D eigenvalue weighted by molar-refractivity contribution is 7.99. The molecule has 1 aliphatic heterocycles. The molecule has 0 aliphatic carbocycles. The molecule has 0 bridgehead atoms. The highest BCUT2D eigenvalue weighted by Gasteiger charge is 2.26. The van der Waals surface area contributed by atoms with Crippen LogP contribution in [0.15, 0.2) is 29.4 Å². The Balaban J connectivity index is 1.57. The van der Waals surface area contributed by atoms with Gasteiger partial charge in [-0.1, -0.05) is 11.8 Å². The number of carbonyl (C=O) groups excluding carboxylic acids is 2. The second-order valence-electron chi connectivity index (χ2n) is 5.65. The minimum atomic E-state index is -0.450. The van der Waals surface area contributed by atoms with Crippen LogP contribution in [0, 0.1) is 0 Å². The second kappa shape index (κ2) is 8.76. The van der Waals surface area contributed by atoms with Gasteiger partial charge in [-0.2, -0.15) is 0 Å².